The highest BCUT2D eigenvalue weighted by atomic mass is 32.2. The maximum atomic E-state index is 13.0. The van der Waals surface area contributed by atoms with Crippen LogP contribution in [0.1, 0.15) is 11.1 Å². The van der Waals surface area contributed by atoms with Crippen molar-refractivity contribution >= 4 is 40.6 Å². The Bertz CT molecular complexity index is 1040. The van der Waals surface area contributed by atoms with E-state index in [4.69, 9.17) is 9.47 Å². The van der Waals surface area contributed by atoms with E-state index in [1.165, 1.54) is 38.5 Å². The first-order valence-electron chi connectivity index (χ1n) is 8.85. The highest BCUT2D eigenvalue weighted by molar-refractivity contribution is 8.18. The van der Waals surface area contributed by atoms with Gasteiger partial charge in [-0.3, -0.25) is 19.3 Å². The van der Waals surface area contributed by atoms with Gasteiger partial charge in [-0.2, -0.15) is 0 Å². The number of rotatable bonds is 6. The summed E-state index contributed by atoms with van der Waals surface area (Å²) in [5.41, 5.74) is 1.88. The fourth-order valence-electron chi connectivity index (χ4n) is 2.81. The van der Waals surface area contributed by atoms with Crippen molar-refractivity contribution in [3.8, 4) is 11.5 Å². The number of carbonyl (C=O) groups is 3. The summed E-state index contributed by atoms with van der Waals surface area (Å²) in [7, 11) is 3.03. The molecule has 0 bridgehead atoms. The molecule has 1 aliphatic heterocycles. The van der Waals surface area contributed by atoms with Crippen molar-refractivity contribution < 1.29 is 28.2 Å². The van der Waals surface area contributed by atoms with E-state index < -0.39 is 29.4 Å². The highest BCUT2D eigenvalue weighted by Crippen LogP contribution is 2.35. The van der Waals surface area contributed by atoms with Gasteiger partial charge in [0.1, 0.15) is 12.4 Å². The van der Waals surface area contributed by atoms with Crippen molar-refractivity contribution in [2.45, 2.75) is 6.92 Å². The van der Waals surface area contributed by atoms with Crippen LogP contribution in [0.25, 0.3) is 6.08 Å². The van der Waals surface area contributed by atoms with Crippen molar-refractivity contribution in [1.29, 1.82) is 0 Å². The Labute approximate surface area is 176 Å². The minimum absolute atomic E-state index is 0.199. The van der Waals surface area contributed by atoms with Crippen LogP contribution in [-0.4, -0.2) is 42.7 Å². The lowest BCUT2D eigenvalue weighted by molar-refractivity contribution is -0.127. The van der Waals surface area contributed by atoms with Gasteiger partial charge in [0, 0.05) is 5.69 Å². The number of hydrogen-bond acceptors (Lipinski definition) is 6. The molecule has 1 aliphatic rings. The summed E-state index contributed by atoms with van der Waals surface area (Å²) in [6, 6.07) is 8.66. The molecular formula is C21H19FN2O5S. The van der Waals surface area contributed by atoms with Crippen LogP contribution < -0.4 is 14.8 Å². The number of nitrogens with one attached hydrogen (secondary N) is 1. The smallest absolute Gasteiger partial charge is 0.294 e. The predicted octanol–water partition coefficient (Wildman–Crippen LogP) is 3.83. The lowest BCUT2D eigenvalue weighted by atomic mass is 10.1. The van der Waals surface area contributed by atoms with Crippen LogP contribution >= 0.6 is 11.8 Å². The van der Waals surface area contributed by atoms with Crippen LogP contribution in [0.3, 0.4) is 0 Å². The highest BCUT2D eigenvalue weighted by Gasteiger charge is 2.36. The predicted molar refractivity (Wildman–Crippen MR) is 112 cm³/mol. The maximum absolute atomic E-state index is 13.0. The third kappa shape index (κ3) is 4.62. The van der Waals surface area contributed by atoms with E-state index in [0.29, 0.717) is 22.7 Å². The van der Waals surface area contributed by atoms with Gasteiger partial charge in [-0.15, -0.1) is 0 Å². The minimum atomic E-state index is -0.563. The molecule has 9 heteroatoms. The van der Waals surface area contributed by atoms with Crippen molar-refractivity contribution in [2.24, 2.45) is 0 Å². The first-order chi connectivity index (χ1) is 14.3. The Kier molecular flexibility index (Phi) is 6.41. The molecule has 3 rings (SSSR count). The zero-order chi connectivity index (χ0) is 21.8. The lowest BCUT2D eigenvalue weighted by Crippen LogP contribution is -2.36. The second-order valence-corrected chi connectivity index (χ2v) is 7.38. The molecule has 3 amide bonds. The Hall–Kier alpha value is -3.33. The Balaban J connectivity index is 1.76. The zero-order valence-corrected chi connectivity index (χ0v) is 17.3. The van der Waals surface area contributed by atoms with Gasteiger partial charge in [0.05, 0.1) is 19.1 Å². The SMILES string of the molecule is COc1cc(C)c(C=C2SC(=O)N(CC(=O)Nc3ccc(F)cc3)C2=O)cc1OC. The van der Waals surface area contributed by atoms with E-state index in [1.54, 1.807) is 18.2 Å². The molecule has 0 saturated carbocycles. The number of aryl methyl sites for hydroxylation is 1. The van der Waals surface area contributed by atoms with Gasteiger partial charge < -0.3 is 14.8 Å². The standard InChI is InChI=1S/C21H19FN2O5S/c1-12-8-16(28-2)17(29-3)9-13(12)10-18-20(26)24(21(27)30-18)11-19(25)23-15-6-4-14(22)5-7-15/h4-10H,11H2,1-3H3,(H,23,25). The molecule has 2 aromatic carbocycles. The monoisotopic (exact) mass is 430 g/mol. The molecule has 30 heavy (non-hydrogen) atoms. The summed E-state index contributed by atoms with van der Waals surface area (Å²) in [6.45, 7) is 1.40. The quantitative estimate of drug-likeness (QED) is 0.702. The summed E-state index contributed by atoms with van der Waals surface area (Å²) >= 11 is 0.756. The van der Waals surface area contributed by atoms with Crippen LogP contribution in [-0.2, 0) is 9.59 Å². The summed E-state index contributed by atoms with van der Waals surface area (Å²) in [4.78, 5) is 38.2. The number of ether oxygens (including phenoxy) is 2. The number of nitrogens with zero attached hydrogens (tertiary/aromatic N) is 1. The van der Waals surface area contributed by atoms with Gasteiger partial charge in [0.15, 0.2) is 11.5 Å². The third-order valence-electron chi connectivity index (χ3n) is 4.36. The number of methoxy groups -OCH3 is 2. The molecule has 0 spiro atoms. The Morgan fingerprint density at radius 3 is 2.40 bits per heavy atom. The van der Waals surface area contributed by atoms with E-state index in [9.17, 15) is 18.8 Å². The minimum Gasteiger partial charge on any atom is -0.493 e. The molecule has 0 unspecified atom stereocenters. The van der Waals surface area contributed by atoms with E-state index in [2.05, 4.69) is 5.32 Å². The van der Waals surface area contributed by atoms with Crippen LogP contribution in [0.5, 0.6) is 11.5 Å². The number of benzene rings is 2. The van der Waals surface area contributed by atoms with Crippen molar-refractivity contribution in [1.82, 2.24) is 4.90 Å². The van der Waals surface area contributed by atoms with Gasteiger partial charge in [-0.1, -0.05) is 0 Å². The molecule has 7 nitrogen and oxygen atoms in total. The second-order valence-electron chi connectivity index (χ2n) is 6.39. The zero-order valence-electron chi connectivity index (χ0n) is 16.5. The molecule has 0 aromatic heterocycles. The molecule has 1 fully saturated rings. The second kappa shape index (κ2) is 9.00. The van der Waals surface area contributed by atoms with E-state index in [-0.39, 0.29) is 4.91 Å². The first kappa shape index (κ1) is 21.4. The summed E-state index contributed by atoms with van der Waals surface area (Å²) in [5, 5.41) is 1.98. The Morgan fingerprint density at radius 1 is 1.13 bits per heavy atom. The number of thioether (sulfide) groups is 1. The topological polar surface area (TPSA) is 84.9 Å². The van der Waals surface area contributed by atoms with Gasteiger partial charge >= 0.3 is 0 Å². The van der Waals surface area contributed by atoms with Gasteiger partial charge in [-0.25, -0.2) is 4.39 Å². The third-order valence-corrected chi connectivity index (χ3v) is 5.27. The van der Waals surface area contributed by atoms with E-state index in [0.717, 1.165) is 22.2 Å². The number of halogens is 1. The summed E-state index contributed by atoms with van der Waals surface area (Å²) < 4.78 is 23.5. The molecule has 156 valence electrons. The molecule has 0 aliphatic carbocycles. The van der Waals surface area contributed by atoms with Crippen molar-refractivity contribution in [3.05, 3.63) is 58.2 Å². The fraction of sp³-hybridized carbons (Fsp3) is 0.190. The Morgan fingerprint density at radius 2 is 1.77 bits per heavy atom. The van der Waals surface area contributed by atoms with Crippen LogP contribution in [0.2, 0.25) is 0 Å². The largest absolute Gasteiger partial charge is 0.493 e. The van der Waals surface area contributed by atoms with Gasteiger partial charge in [-0.05, 0) is 72.3 Å². The molecular weight excluding hydrogens is 411 g/mol. The number of amides is 3. The average Bonchev–Trinajstić information content (AvgIpc) is 2.98. The molecule has 2 aromatic rings. The average molecular weight is 430 g/mol. The summed E-state index contributed by atoms with van der Waals surface area (Å²) in [5.74, 6) is -0.514. The molecule has 1 saturated heterocycles. The van der Waals surface area contributed by atoms with Gasteiger partial charge in [0.2, 0.25) is 5.91 Å². The van der Waals surface area contributed by atoms with E-state index >= 15 is 0 Å². The number of imide groups is 1. The first-order valence-corrected chi connectivity index (χ1v) is 9.67. The van der Waals surface area contributed by atoms with Crippen molar-refractivity contribution in [2.75, 3.05) is 26.1 Å². The maximum Gasteiger partial charge on any atom is 0.294 e. The molecule has 0 radical (unpaired) electrons. The van der Waals surface area contributed by atoms with Crippen molar-refractivity contribution in [3.63, 3.8) is 0 Å². The van der Waals surface area contributed by atoms with Crippen LogP contribution in [0.15, 0.2) is 41.3 Å². The number of anilines is 1. The summed E-state index contributed by atoms with van der Waals surface area (Å²) in [6.07, 6.45) is 1.58. The van der Waals surface area contributed by atoms with Crippen LogP contribution in [0.4, 0.5) is 14.9 Å². The number of hydrogen-bond donors (Lipinski definition) is 1. The van der Waals surface area contributed by atoms with E-state index in [1.807, 2.05) is 6.92 Å². The molecule has 1 heterocycles. The number of carbonyl (C=O) groups excluding carboxylic acids is 3. The molecule has 1 N–H and O–H groups in total. The van der Waals surface area contributed by atoms with Crippen LogP contribution in [0, 0.1) is 12.7 Å². The normalized spacial score (nSPS) is 14.9. The fourth-order valence-corrected chi connectivity index (χ4v) is 3.64. The van der Waals surface area contributed by atoms with Gasteiger partial charge in [0.25, 0.3) is 11.1 Å². The molecule has 0 atom stereocenters. The lowest BCUT2D eigenvalue weighted by Gasteiger charge is -2.13.